The zero-order valence-corrected chi connectivity index (χ0v) is 14.2. The SMILES string of the molecule is COc1ccc(C#Cc2ccc3c(c2)C(=Cc2ccc[nH]2)C(=O)N3)cc1. The molecule has 4 rings (SSSR count). The van der Waals surface area contributed by atoms with Gasteiger partial charge in [-0.1, -0.05) is 11.8 Å². The Balaban J connectivity index is 1.66. The standard InChI is InChI=1S/C22H16N2O2/c1-26-18-9-6-15(7-10-18)4-5-16-8-11-21-19(13-16)20(22(25)24-21)14-17-3-2-12-23-17/h2-3,6-14,23H,1H3,(H,24,25). The number of aromatic amines is 1. The minimum Gasteiger partial charge on any atom is -0.497 e. The highest BCUT2D eigenvalue weighted by Crippen LogP contribution is 2.33. The molecule has 0 unspecified atom stereocenters. The normalized spacial score (nSPS) is 13.7. The first kappa shape index (κ1) is 15.8. The molecule has 0 spiro atoms. The van der Waals surface area contributed by atoms with Gasteiger partial charge in [-0.25, -0.2) is 0 Å². The van der Waals surface area contributed by atoms with E-state index in [2.05, 4.69) is 22.1 Å². The third-order valence-corrected chi connectivity index (χ3v) is 4.17. The summed E-state index contributed by atoms with van der Waals surface area (Å²) in [6.07, 6.45) is 3.68. The predicted octanol–water partition coefficient (Wildman–Crippen LogP) is 3.92. The first-order chi connectivity index (χ1) is 12.7. The molecule has 1 amide bonds. The van der Waals surface area contributed by atoms with Gasteiger partial charge in [0.05, 0.1) is 12.7 Å². The molecule has 3 aromatic rings. The highest BCUT2D eigenvalue weighted by atomic mass is 16.5. The van der Waals surface area contributed by atoms with E-state index >= 15 is 0 Å². The topological polar surface area (TPSA) is 54.1 Å². The third kappa shape index (κ3) is 3.11. The second-order valence-electron chi connectivity index (χ2n) is 5.88. The molecule has 2 aromatic carbocycles. The van der Waals surface area contributed by atoms with Crippen molar-refractivity contribution in [2.24, 2.45) is 0 Å². The van der Waals surface area contributed by atoms with Crippen LogP contribution in [0.2, 0.25) is 0 Å². The first-order valence-electron chi connectivity index (χ1n) is 8.20. The fourth-order valence-corrected chi connectivity index (χ4v) is 2.82. The molecule has 0 aliphatic carbocycles. The van der Waals surface area contributed by atoms with E-state index in [0.29, 0.717) is 5.57 Å². The lowest BCUT2D eigenvalue weighted by atomic mass is 10.0. The molecular formula is C22H16N2O2. The summed E-state index contributed by atoms with van der Waals surface area (Å²) in [7, 11) is 1.64. The fraction of sp³-hybridized carbons (Fsp3) is 0.0455. The molecule has 1 aliphatic heterocycles. The van der Waals surface area contributed by atoms with E-state index in [-0.39, 0.29) is 5.91 Å². The quantitative estimate of drug-likeness (QED) is 0.549. The lowest BCUT2D eigenvalue weighted by Gasteiger charge is -2.00. The van der Waals surface area contributed by atoms with Crippen molar-refractivity contribution in [2.75, 3.05) is 12.4 Å². The van der Waals surface area contributed by atoms with Crippen LogP contribution in [-0.4, -0.2) is 18.0 Å². The molecule has 1 aliphatic rings. The van der Waals surface area contributed by atoms with Crippen molar-refractivity contribution in [1.29, 1.82) is 0 Å². The number of fused-ring (bicyclic) bond motifs is 1. The second kappa shape index (κ2) is 6.66. The number of aromatic nitrogens is 1. The number of carbonyl (C=O) groups excluding carboxylic acids is 1. The minimum absolute atomic E-state index is 0.102. The van der Waals surface area contributed by atoms with Crippen LogP contribution in [0.15, 0.2) is 60.8 Å². The molecule has 0 fully saturated rings. The van der Waals surface area contributed by atoms with Crippen LogP contribution in [0.25, 0.3) is 11.6 Å². The number of ether oxygens (including phenoxy) is 1. The Kier molecular flexibility index (Phi) is 4.04. The summed E-state index contributed by atoms with van der Waals surface area (Å²) >= 11 is 0. The molecule has 0 saturated carbocycles. The van der Waals surface area contributed by atoms with Gasteiger partial charge in [0.15, 0.2) is 0 Å². The molecule has 26 heavy (non-hydrogen) atoms. The number of nitrogens with one attached hydrogen (secondary N) is 2. The van der Waals surface area contributed by atoms with Crippen LogP contribution in [-0.2, 0) is 4.79 Å². The van der Waals surface area contributed by atoms with Gasteiger partial charge >= 0.3 is 0 Å². The maximum atomic E-state index is 12.3. The largest absolute Gasteiger partial charge is 0.497 e. The Hall–Kier alpha value is -3.71. The van der Waals surface area contributed by atoms with Crippen molar-refractivity contribution in [3.63, 3.8) is 0 Å². The number of benzene rings is 2. The molecule has 2 heterocycles. The van der Waals surface area contributed by atoms with Gasteiger partial charge in [-0.3, -0.25) is 4.79 Å². The Morgan fingerprint density at radius 1 is 1.00 bits per heavy atom. The summed E-state index contributed by atoms with van der Waals surface area (Å²) in [6, 6.07) is 17.2. The second-order valence-corrected chi connectivity index (χ2v) is 5.88. The zero-order valence-electron chi connectivity index (χ0n) is 14.2. The molecule has 0 saturated heterocycles. The number of amides is 1. The Bertz CT molecular complexity index is 1050. The van der Waals surface area contributed by atoms with Gasteiger partial charge in [0.25, 0.3) is 5.91 Å². The summed E-state index contributed by atoms with van der Waals surface area (Å²) in [5.74, 6) is 7.00. The highest BCUT2D eigenvalue weighted by Gasteiger charge is 2.24. The van der Waals surface area contributed by atoms with Crippen molar-refractivity contribution >= 4 is 23.2 Å². The van der Waals surface area contributed by atoms with Crippen LogP contribution < -0.4 is 10.1 Å². The van der Waals surface area contributed by atoms with E-state index in [1.165, 1.54) is 0 Å². The lowest BCUT2D eigenvalue weighted by Crippen LogP contribution is -2.03. The highest BCUT2D eigenvalue weighted by molar-refractivity contribution is 6.34. The number of carbonyl (C=O) groups is 1. The first-order valence-corrected chi connectivity index (χ1v) is 8.20. The van der Waals surface area contributed by atoms with E-state index in [4.69, 9.17) is 4.74 Å². The van der Waals surface area contributed by atoms with Crippen LogP contribution in [0.5, 0.6) is 5.75 Å². The van der Waals surface area contributed by atoms with Crippen molar-refractivity contribution < 1.29 is 9.53 Å². The van der Waals surface area contributed by atoms with E-state index in [1.807, 2.05) is 66.9 Å². The average Bonchev–Trinajstić information content (AvgIpc) is 3.29. The smallest absolute Gasteiger partial charge is 0.256 e. The summed E-state index contributed by atoms with van der Waals surface area (Å²) in [5.41, 5.74) is 4.96. The molecule has 2 N–H and O–H groups in total. The maximum Gasteiger partial charge on any atom is 0.256 e. The number of anilines is 1. The Labute approximate surface area is 151 Å². The molecular weight excluding hydrogens is 324 g/mol. The van der Waals surface area contributed by atoms with Gasteiger partial charge in [-0.2, -0.15) is 0 Å². The van der Waals surface area contributed by atoms with Gasteiger partial charge in [-0.15, -0.1) is 0 Å². The van der Waals surface area contributed by atoms with Crippen LogP contribution in [0.1, 0.15) is 22.4 Å². The minimum atomic E-state index is -0.102. The van der Waals surface area contributed by atoms with Crippen LogP contribution in [0.4, 0.5) is 5.69 Å². The Morgan fingerprint density at radius 2 is 1.77 bits per heavy atom. The van der Waals surface area contributed by atoms with Gasteiger partial charge in [0, 0.05) is 34.3 Å². The van der Waals surface area contributed by atoms with Gasteiger partial charge in [0.2, 0.25) is 0 Å². The fourth-order valence-electron chi connectivity index (χ4n) is 2.82. The van der Waals surface area contributed by atoms with E-state index in [0.717, 1.165) is 33.8 Å². The molecule has 0 atom stereocenters. The van der Waals surface area contributed by atoms with Crippen molar-refractivity contribution in [3.8, 4) is 17.6 Å². The van der Waals surface area contributed by atoms with E-state index in [9.17, 15) is 4.79 Å². The van der Waals surface area contributed by atoms with Gasteiger partial charge in [-0.05, 0) is 60.7 Å². The van der Waals surface area contributed by atoms with Crippen LogP contribution >= 0.6 is 0 Å². The summed E-state index contributed by atoms with van der Waals surface area (Å²) in [4.78, 5) is 15.4. The molecule has 126 valence electrons. The maximum absolute atomic E-state index is 12.3. The Morgan fingerprint density at radius 3 is 2.50 bits per heavy atom. The summed E-state index contributed by atoms with van der Waals surface area (Å²) < 4.78 is 5.15. The monoisotopic (exact) mass is 340 g/mol. The zero-order chi connectivity index (χ0) is 17.9. The number of methoxy groups -OCH3 is 1. The summed E-state index contributed by atoms with van der Waals surface area (Å²) in [5, 5.41) is 2.89. The van der Waals surface area contributed by atoms with E-state index in [1.54, 1.807) is 7.11 Å². The van der Waals surface area contributed by atoms with Crippen molar-refractivity contribution in [2.45, 2.75) is 0 Å². The molecule has 4 heteroatoms. The van der Waals surface area contributed by atoms with Crippen molar-refractivity contribution in [1.82, 2.24) is 4.98 Å². The van der Waals surface area contributed by atoms with E-state index < -0.39 is 0 Å². The van der Waals surface area contributed by atoms with Gasteiger partial charge < -0.3 is 15.0 Å². The average molecular weight is 340 g/mol. The van der Waals surface area contributed by atoms with Crippen LogP contribution in [0.3, 0.4) is 0 Å². The number of hydrogen-bond acceptors (Lipinski definition) is 2. The molecule has 0 bridgehead atoms. The van der Waals surface area contributed by atoms with Crippen molar-refractivity contribution in [3.05, 3.63) is 83.2 Å². The lowest BCUT2D eigenvalue weighted by molar-refractivity contribution is -0.110. The molecule has 0 radical (unpaired) electrons. The number of hydrogen-bond donors (Lipinski definition) is 2. The van der Waals surface area contributed by atoms with Gasteiger partial charge in [0.1, 0.15) is 5.75 Å². The molecule has 4 nitrogen and oxygen atoms in total. The van der Waals surface area contributed by atoms with Crippen LogP contribution in [0, 0.1) is 11.8 Å². The number of H-pyrrole nitrogens is 1. The number of rotatable bonds is 2. The third-order valence-electron chi connectivity index (χ3n) is 4.17. The molecule has 1 aromatic heterocycles. The predicted molar refractivity (Wildman–Crippen MR) is 103 cm³/mol. The summed E-state index contributed by atoms with van der Waals surface area (Å²) in [6.45, 7) is 0.